The standard InChI is InChI=1S/C18H14N2O4S2/c1-11-3-4-12(9-15(11)20(22)23)10-16-17(21)19(18(25)26-16)13-5-7-14(24-2)8-6-13/h3-10H,1-2H3/b16-10-. The van der Waals surface area contributed by atoms with Gasteiger partial charge in [-0.05, 0) is 42.8 Å². The number of nitro benzene ring substituents is 1. The van der Waals surface area contributed by atoms with Crippen molar-refractivity contribution in [3.8, 4) is 5.75 Å². The normalized spacial score (nSPS) is 15.6. The molecule has 2 aromatic carbocycles. The van der Waals surface area contributed by atoms with E-state index in [1.807, 2.05) is 0 Å². The highest BCUT2D eigenvalue weighted by Gasteiger charge is 2.33. The van der Waals surface area contributed by atoms with Gasteiger partial charge in [0, 0.05) is 11.6 Å². The van der Waals surface area contributed by atoms with Crippen LogP contribution in [0.5, 0.6) is 5.75 Å². The topological polar surface area (TPSA) is 72.7 Å². The van der Waals surface area contributed by atoms with Gasteiger partial charge in [-0.1, -0.05) is 36.1 Å². The van der Waals surface area contributed by atoms with Gasteiger partial charge in [-0.25, -0.2) is 0 Å². The van der Waals surface area contributed by atoms with E-state index in [1.165, 1.54) is 22.7 Å². The van der Waals surface area contributed by atoms with E-state index in [9.17, 15) is 14.9 Å². The highest BCUT2D eigenvalue weighted by atomic mass is 32.2. The summed E-state index contributed by atoms with van der Waals surface area (Å²) >= 11 is 6.50. The summed E-state index contributed by atoms with van der Waals surface area (Å²) in [5, 5.41) is 11.1. The van der Waals surface area contributed by atoms with E-state index in [0.29, 0.717) is 31.8 Å². The van der Waals surface area contributed by atoms with Gasteiger partial charge in [-0.2, -0.15) is 0 Å². The molecule has 0 spiro atoms. The Kier molecular flexibility index (Phi) is 5.06. The van der Waals surface area contributed by atoms with Gasteiger partial charge in [0.15, 0.2) is 4.32 Å². The van der Waals surface area contributed by atoms with Crippen LogP contribution in [0.25, 0.3) is 6.08 Å². The first kappa shape index (κ1) is 18.1. The number of hydrogen-bond acceptors (Lipinski definition) is 6. The third-order valence-electron chi connectivity index (χ3n) is 3.85. The Balaban J connectivity index is 1.92. The van der Waals surface area contributed by atoms with Gasteiger partial charge in [-0.15, -0.1) is 0 Å². The lowest BCUT2D eigenvalue weighted by atomic mass is 10.1. The van der Waals surface area contributed by atoms with E-state index in [1.54, 1.807) is 56.5 Å². The van der Waals surface area contributed by atoms with Crippen molar-refractivity contribution >= 4 is 51.7 Å². The Hall–Kier alpha value is -2.71. The van der Waals surface area contributed by atoms with Crippen LogP contribution in [0.4, 0.5) is 11.4 Å². The first-order valence-electron chi connectivity index (χ1n) is 7.58. The lowest BCUT2D eigenvalue weighted by Crippen LogP contribution is -2.27. The summed E-state index contributed by atoms with van der Waals surface area (Å²) in [6, 6.07) is 11.9. The molecule has 0 aromatic heterocycles. The van der Waals surface area contributed by atoms with E-state index in [0.717, 1.165) is 0 Å². The summed E-state index contributed by atoms with van der Waals surface area (Å²) < 4.78 is 5.53. The minimum absolute atomic E-state index is 0.0179. The number of benzene rings is 2. The molecule has 0 radical (unpaired) electrons. The van der Waals surface area contributed by atoms with Crippen LogP contribution in [0.3, 0.4) is 0 Å². The van der Waals surface area contributed by atoms with Gasteiger partial charge in [-0.3, -0.25) is 19.8 Å². The van der Waals surface area contributed by atoms with E-state index >= 15 is 0 Å². The molecule has 0 unspecified atom stereocenters. The molecule has 1 aliphatic heterocycles. The van der Waals surface area contributed by atoms with Crippen LogP contribution in [0, 0.1) is 17.0 Å². The number of anilines is 1. The van der Waals surface area contributed by atoms with Crippen molar-refractivity contribution in [1.82, 2.24) is 0 Å². The lowest BCUT2D eigenvalue weighted by Gasteiger charge is -2.14. The molecule has 8 heteroatoms. The van der Waals surface area contributed by atoms with Gasteiger partial charge in [0.1, 0.15) is 5.75 Å². The quantitative estimate of drug-likeness (QED) is 0.337. The molecule has 0 aliphatic carbocycles. The first-order valence-corrected chi connectivity index (χ1v) is 8.80. The fraction of sp³-hybridized carbons (Fsp3) is 0.111. The number of carbonyl (C=O) groups excluding carboxylic acids is 1. The number of thiocarbonyl (C=S) groups is 1. The molecule has 1 saturated heterocycles. The molecule has 0 bridgehead atoms. The van der Waals surface area contributed by atoms with Crippen LogP contribution in [-0.4, -0.2) is 22.3 Å². The summed E-state index contributed by atoms with van der Waals surface area (Å²) in [4.78, 5) is 25.3. The highest BCUT2D eigenvalue weighted by Crippen LogP contribution is 2.36. The summed E-state index contributed by atoms with van der Waals surface area (Å²) in [6.45, 7) is 1.67. The number of hydrogen-bond donors (Lipinski definition) is 0. The average molecular weight is 386 g/mol. The molecule has 26 heavy (non-hydrogen) atoms. The Labute approximate surface area is 159 Å². The molecule has 6 nitrogen and oxygen atoms in total. The number of nitrogens with zero attached hydrogens (tertiary/aromatic N) is 2. The van der Waals surface area contributed by atoms with Crippen LogP contribution < -0.4 is 9.64 Å². The lowest BCUT2D eigenvalue weighted by molar-refractivity contribution is -0.385. The monoisotopic (exact) mass is 386 g/mol. The second-order valence-electron chi connectivity index (χ2n) is 5.52. The van der Waals surface area contributed by atoms with Crippen LogP contribution in [0.1, 0.15) is 11.1 Å². The molecule has 1 amide bonds. The minimum Gasteiger partial charge on any atom is -0.497 e. The van der Waals surface area contributed by atoms with E-state index in [2.05, 4.69) is 0 Å². The summed E-state index contributed by atoms with van der Waals surface area (Å²) in [6.07, 6.45) is 1.62. The second-order valence-corrected chi connectivity index (χ2v) is 7.19. The van der Waals surface area contributed by atoms with E-state index < -0.39 is 4.92 Å². The zero-order valence-electron chi connectivity index (χ0n) is 14.0. The smallest absolute Gasteiger partial charge is 0.272 e. The SMILES string of the molecule is COc1ccc(N2C(=O)/C(=C/c3ccc(C)c([N+](=O)[O-])c3)SC2=S)cc1. The van der Waals surface area contributed by atoms with Crippen LogP contribution in [-0.2, 0) is 4.79 Å². The predicted molar refractivity (Wildman–Crippen MR) is 106 cm³/mol. The van der Waals surface area contributed by atoms with Gasteiger partial charge < -0.3 is 4.74 Å². The number of amides is 1. The Morgan fingerprint density at radius 1 is 1.23 bits per heavy atom. The predicted octanol–water partition coefficient (Wildman–Crippen LogP) is 4.32. The third kappa shape index (κ3) is 3.47. The van der Waals surface area contributed by atoms with E-state index in [4.69, 9.17) is 17.0 Å². The number of carbonyl (C=O) groups is 1. The zero-order valence-corrected chi connectivity index (χ0v) is 15.6. The molecule has 2 aromatic rings. The number of nitro groups is 1. The molecular weight excluding hydrogens is 372 g/mol. The molecule has 1 fully saturated rings. The number of aryl methyl sites for hydroxylation is 1. The molecule has 1 heterocycles. The van der Waals surface area contributed by atoms with Crippen molar-refractivity contribution in [2.75, 3.05) is 12.0 Å². The molecule has 132 valence electrons. The van der Waals surface area contributed by atoms with Gasteiger partial charge in [0.05, 0.1) is 22.6 Å². The van der Waals surface area contributed by atoms with Gasteiger partial charge >= 0.3 is 0 Å². The van der Waals surface area contributed by atoms with Crippen molar-refractivity contribution in [2.45, 2.75) is 6.92 Å². The fourth-order valence-corrected chi connectivity index (χ4v) is 3.78. The van der Waals surface area contributed by atoms with Crippen LogP contribution in [0.2, 0.25) is 0 Å². The molecule has 1 aliphatic rings. The zero-order chi connectivity index (χ0) is 18.8. The Bertz CT molecular complexity index is 939. The van der Waals surface area contributed by atoms with Crippen molar-refractivity contribution < 1.29 is 14.5 Å². The highest BCUT2D eigenvalue weighted by molar-refractivity contribution is 8.27. The maximum Gasteiger partial charge on any atom is 0.272 e. The molecular formula is C18H14N2O4S2. The molecule has 3 rings (SSSR count). The minimum atomic E-state index is -0.435. The molecule has 0 atom stereocenters. The number of methoxy groups -OCH3 is 1. The van der Waals surface area contributed by atoms with Gasteiger partial charge in [0.25, 0.3) is 11.6 Å². The second kappa shape index (κ2) is 7.27. The van der Waals surface area contributed by atoms with Crippen molar-refractivity contribution in [3.05, 3.63) is 68.6 Å². The number of ether oxygens (including phenoxy) is 1. The third-order valence-corrected chi connectivity index (χ3v) is 5.15. The van der Waals surface area contributed by atoms with Crippen molar-refractivity contribution in [1.29, 1.82) is 0 Å². The van der Waals surface area contributed by atoms with Gasteiger partial charge in [0.2, 0.25) is 0 Å². The Morgan fingerprint density at radius 3 is 2.54 bits per heavy atom. The number of thioether (sulfide) groups is 1. The van der Waals surface area contributed by atoms with Crippen LogP contribution in [0.15, 0.2) is 47.4 Å². The summed E-state index contributed by atoms with van der Waals surface area (Å²) in [7, 11) is 1.57. The largest absolute Gasteiger partial charge is 0.497 e. The maximum absolute atomic E-state index is 12.7. The van der Waals surface area contributed by atoms with E-state index in [-0.39, 0.29) is 11.6 Å². The van der Waals surface area contributed by atoms with Crippen LogP contribution >= 0.6 is 24.0 Å². The summed E-state index contributed by atoms with van der Waals surface area (Å²) in [5.74, 6) is 0.426. The number of rotatable bonds is 4. The maximum atomic E-state index is 12.7. The molecule has 0 N–H and O–H groups in total. The Morgan fingerprint density at radius 2 is 1.92 bits per heavy atom. The van der Waals surface area contributed by atoms with Crippen molar-refractivity contribution in [2.24, 2.45) is 0 Å². The first-order chi connectivity index (χ1) is 12.4. The van der Waals surface area contributed by atoms with Crippen molar-refractivity contribution in [3.63, 3.8) is 0 Å². The molecule has 0 saturated carbocycles. The average Bonchev–Trinajstić information content (AvgIpc) is 2.90. The fourth-order valence-electron chi connectivity index (χ4n) is 2.49. The summed E-state index contributed by atoms with van der Waals surface area (Å²) in [5.41, 5.74) is 1.81.